The number of nitrogens with one attached hydrogen (secondary N) is 1. The van der Waals surface area contributed by atoms with E-state index in [0.29, 0.717) is 28.2 Å². The summed E-state index contributed by atoms with van der Waals surface area (Å²) in [6.07, 6.45) is -4.41. The Hall–Kier alpha value is -3.60. The standard InChI is InChI=1S/C21H15F3N4O/c1-12-19(15-6-8-16(9-7-15)21(22,23)24)20-26-17(10-18(29)28(20)27-12)14-4-2-13(11-25)3-5-14/h2-10,12,19,27H,1H3. The van der Waals surface area contributed by atoms with Crippen LogP contribution in [0, 0.1) is 11.3 Å². The molecule has 0 spiro atoms. The minimum Gasteiger partial charge on any atom is -0.318 e. The van der Waals surface area contributed by atoms with Crippen molar-refractivity contribution in [2.24, 2.45) is 0 Å². The van der Waals surface area contributed by atoms with Crippen LogP contribution in [-0.2, 0) is 6.18 Å². The zero-order valence-electron chi connectivity index (χ0n) is 15.2. The summed E-state index contributed by atoms with van der Waals surface area (Å²) in [5, 5.41) is 8.93. The zero-order chi connectivity index (χ0) is 20.8. The third kappa shape index (κ3) is 3.36. The van der Waals surface area contributed by atoms with Crippen LogP contribution in [0.3, 0.4) is 0 Å². The highest BCUT2D eigenvalue weighted by atomic mass is 19.4. The number of aromatic nitrogens is 2. The Labute approximate surface area is 164 Å². The lowest BCUT2D eigenvalue weighted by Gasteiger charge is -2.15. The van der Waals surface area contributed by atoms with Crippen molar-refractivity contribution in [1.82, 2.24) is 9.66 Å². The van der Waals surface area contributed by atoms with Crippen LogP contribution in [0.1, 0.15) is 35.4 Å². The number of alkyl halides is 3. The highest BCUT2D eigenvalue weighted by molar-refractivity contribution is 5.60. The number of nitriles is 1. The SMILES string of the molecule is CC1Nn2c(nc(-c3ccc(C#N)cc3)cc2=O)C1c1ccc(C(F)(F)F)cc1. The van der Waals surface area contributed by atoms with E-state index in [9.17, 15) is 18.0 Å². The molecule has 2 aromatic carbocycles. The maximum absolute atomic E-state index is 12.9. The highest BCUT2D eigenvalue weighted by Crippen LogP contribution is 2.35. The molecule has 0 radical (unpaired) electrons. The molecule has 5 nitrogen and oxygen atoms in total. The zero-order valence-corrected chi connectivity index (χ0v) is 15.2. The van der Waals surface area contributed by atoms with Crippen molar-refractivity contribution in [2.45, 2.75) is 25.1 Å². The molecule has 2 unspecified atom stereocenters. The molecule has 0 fully saturated rings. The van der Waals surface area contributed by atoms with Gasteiger partial charge < -0.3 is 5.43 Å². The molecule has 3 aromatic rings. The van der Waals surface area contributed by atoms with Crippen LogP contribution in [0.2, 0.25) is 0 Å². The van der Waals surface area contributed by atoms with Gasteiger partial charge in [0.05, 0.1) is 34.8 Å². The Morgan fingerprint density at radius 3 is 2.34 bits per heavy atom. The summed E-state index contributed by atoms with van der Waals surface area (Å²) in [7, 11) is 0. The smallest absolute Gasteiger partial charge is 0.318 e. The summed E-state index contributed by atoms with van der Waals surface area (Å²) in [4.78, 5) is 17.2. The van der Waals surface area contributed by atoms with E-state index in [1.165, 1.54) is 22.9 Å². The molecule has 0 amide bonds. The molecule has 0 saturated carbocycles. The van der Waals surface area contributed by atoms with Gasteiger partial charge in [-0.25, -0.2) is 9.66 Å². The number of hydrogen-bond donors (Lipinski definition) is 1. The Morgan fingerprint density at radius 2 is 1.76 bits per heavy atom. The molecule has 0 aliphatic carbocycles. The quantitative estimate of drug-likeness (QED) is 0.714. The molecule has 29 heavy (non-hydrogen) atoms. The molecule has 1 aliphatic rings. The van der Waals surface area contributed by atoms with Crippen molar-refractivity contribution < 1.29 is 13.2 Å². The predicted octanol–water partition coefficient (Wildman–Crippen LogP) is 3.88. The maximum atomic E-state index is 12.9. The molecule has 2 atom stereocenters. The molecule has 1 aromatic heterocycles. The topological polar surface area (TPSA) is 70.7 Å². The summed E-state index contributed by atoms with van der Waals surface area (Å²) in [5.41, 5.74) is 4.24. The van der Waals surface area contributed by atoms with Gasteiger partial charge in [-0.1, -0.05) is 24.3 Å². The first-order chi connectivity index (χ1) is 13.8. The molecular formula is C21H15F3N4O. The van der Waals surface area contributed by atoms with Gasteiger partial charge in [0.25, 0.3) is 5.56 Å². The minimum absolute atomic E-state index is 0.233. The lowest BCUT2D eigenvalue weighted by atomic mass is 9.92. The normalized spacial score (nSPS) is 18.0. The van der Waals surface area contributed by atoms with Crippen LogP contribution >= 0.6 is 0 Å². The molecule has 0 saturated heterocycles. The summed E-state index contributed by atoms with van der Waals surface area (Å²) < 4.78 is 39.9. The van der Waals surface area contributed by atoms with Gasteiger partial charge in [0.2, 0.25) is 0 Å². The fourth-order valence-electron chi connectivity index (χ4n) is 3.52. The second-order valence-corrected chi connectivity index (χ2v) is 6.88. The van der Waals surface area contributed by atoms with E-state index in [1.54, 1.807) is 24.3 Å². The van der Waals surface area contributed by atoms with Crippen molar-refractivity contribution in [3.8, 4) is 17.3 Å². The van der Waals surface area contributed by atoms with E-state index in [1.807, 2.05) is 13.0 Å². The third-order valence-corrected chi connectivity index (χ3v) is 4.96. The molecule has 1 aliphatic heterocycles. The number of fused-ring (bicyclic) bond motifs is 1. The van der Waals surface area contributed by atoms with Gasteiger partial charge in [-0.15, -0.1) is 0 Å². The van der Waals surface area contributed by atoms with Gasteiger partial charge in [0.15, 0.2) is 0 Å². The molecule has 2 heterocycles. The number of nitrogens with zero attached hydrogens (tertiary/aromatic N) is 3. The Balaban J connectivity index is 1.78. The van der Waals surface area contributed by atoms with Crippen molar-refractivity contribution in [3.63, 3.8) is 0 Å². The summed E-state index contributed by atoms with van der Waals surface area (Å²) in [6.45, 7) is 1.85. The monoisotopic (exact) mass is 396 g/mol. The maximum Gasteiger partial charge on any atom is 0.416 e. The van der Waals surface area contributed by atoms with Gasteiger partial charge in [-0.05, 0) is 36.8 Å². The summed E-state index contributed by atoms with van der Waals surface area (Å²) in [5.74, 6) is 0.0485. The van der Waals surface area contributed by atoms with Gasteiger partial charge in [-0.3, -0.25) is 4.79 Å². The van der Waals surface area contributed by atoms with E-state index >= 15 is 0 Å². The van der Waals surface area contributed by atoms with E-state index in [2.05, 4.69) is 10.4 Å². The molecule has 0 bridgehead atoms. The minimum atomic E-state index is -4.41. The van der Waals surface area contributed by atoms with E-state index in [0.717, 1.165) is 12.1 Å². The fraction of sp³-hybridized carbons (Fsp3) is 0.190. The summed E-state index contributed by atoms with van der Waals surface area (Å²) >= 11 is 0. The molecule has 1 N–H and O–H groups in total. The second-order valence-electron chi connectivity index (χ2n) is 6.88. The van der Waals surface area contributed by atoms with Crippen LogP contribution in [-0.4, -0.2) is 15.7 Å². The van der Waals surface area contributed by atoms with E-state index < -0.39 is 11.7 Å². The first kappa shape index (κ1) is 18.7. The van der Waals surface area contributed by atoms with Crippen LogP contribution in [0.4, 0.5) is 13.2 Å². The second kappa shape index (κ2) is 6.78. The highest BCUT2D eigenvalue weighted by Gasteiger charge is 2.35. The first-order valence-corrected chi connectivity index (χ1v) is 8.86. The Kier molecular flexibility index (Phi) is 4.38. The fourth-order valence-corrected chi connectivity index (χ4v) is 3.52. The van der Waals surface area contributed by atoms with Crippen LogP contribution in [0.5, 0.6) is 0 Å². The largest absolute Gasteiger partial charge is 0.416 e. The average molecular weight is 396 g/mol. The number of rotatable bonds is 2. The average Bonchev–Trinajstić information content (AvgIpc) is 3.04. The van der Waals surface area contributed by atoms with Crippen LogP contribution in [0.15, 0.2) is 59.4 Å². The summed E-state index contributed by atoms with van der Waals surface area (Å²) in [6, 6.07) is 14.8. The van der Waals surface area contributed by atoms with Crippen LogP contribution < -0.4 is 11.0 Å². The van der Waals surface area contributed by atoms with Gasteiger partial charge in [0.1, 0.15) is 5.82 Å². The van der Waals surface area contributed by atoms with Gasteiger partial charge >= 0.3 is 6.18 Å². The van der Waals surface area contributed by atoms with Gasteiger partial charge in [0, 0.05) is 11.6 Å². The van der Waals surface area contributed by atoms with Crippen LogP contribution in [0.25, 0.3) is 11.3 Å². The number of hydrogen-bond acceptors (Lipinski definition) is 4. The lowest BCUT2D eigenvalue weighted by Crippen LogP contribution is -2.28. The molecular weight excluding hydrogens is 381 g/mol. The Morgan fingerprint density at radius 1 is 1.10 bits per heavy atom. The van der Waals surface area contributed by atoms with E-state index in [-0.39, 0.29) is 17.5 Å². The van der Waals surface area contributed by atoms with E-state index in [4.69, 9.17) is 5.26 Å². The molecule has 4 rings (SSSR count). The third-order valence-electron chi connectivity index (χ3n) is 4.96. The van der Waals surface area contributed by atoms with Crippen molar-refractivity contribution >= 4 is 0 Å². The van der Waals surface area contributed by atoms with Crippen molar-refractivity contribution in [3.05, 3.63) is 87.5 Å². The lowest BCUT2D eigenvalue weighted by molar-refractivity contribution is -0.137. The molecule has 146 valence electrons. The Bertz CT molecular complexity index is 1160. The van der Waals surface area contributed by atoms with Crippen molar-refractivity contribution in [1.29, 1.82) is 5.26 Å². The molecule has 8 heteroatoms. The first-order valence-electron chi connectivity index (χ1n) is 8.86. The van der Waals surface area contributed by atoms with Gasteiger partial charge in [-0.2, -0.15) is 18.4 Å². The number of halogens is 3. The number of benzene rings is 2. The predicted molar refractivity (Wildman–Crippen MR) is 101 cm³/mol. The van der Waals surface area contributed by atoms with Crippen molar-refractivity contribution in [2.75, 3.05) is 5.43 Å².